The van der Waals surface area contributed by atoms with Crippen molar-refractivity contribution >= 4 is 23.1 Å². The highest BCUT2D eigenvalue weighted by molar-refractivity contribution is 7.09. The maximum Gasteiger partial charge on any atom is 0.245 e. The monoisotopic (exact) mass is 333 g/mol. The number of carbonyl (C=O) groups excluding carboxylic acids is 1. The van der Waals surface area contributed by atoms with Crippen LogP contribution < -0.4 is 10.6 Å². The normalized spacial score (nSPS) is 17.8. The molecule has 124 valence electrons. The van der Waals surface area contributed by atoms with Crippen LogP contribution in [0.3, 0.4) is 0 Å². The molecule has 7 heteroatoms. The van der Waals surface area contributed by atoms with E-state index in [2.05, 4.69) is 38.1 Å². The number of likely N-dealkylation sites (tertiary alicyclic amines) is 1. The predicted molar refractivity (Wildman–Crippen MR) is 92.5 cm³/mol. The number of thiophene rings is 1. The molecule has 1 aliphatic heterocycles. The summed E-state index contributed by atoms with van der Waals surface area (Å²) >= 11 is 1.78. The minimum atomic E-state index is -0.574. The lowest BCUT2D eigenvalue weighted by Crippen LogP contribution is -2.57. The third-order valence-corrected chi connectivity index (χ3v) is 5.27. The third kappa shape index (κ3) is 3.56. The van der Waals surface area contributed by atoms with Gasteiger partial charge in [-0.05, 0) is 24.3 Å². The number of rotatable bonds is 5. The fourth-order valence-electron chi connectivity index (χ4n) is 3.09. The Morgan fingerprint density at radius 1 is 1.39 bits per heavy atom. The standard InChI is InChI=1S/C16H23N5OS/c1-17-15(22)16(18-14-5-8-20(2)19-14)6-9-21(10-7-16)12-13-4-3-11-23-13/h3-5,8,11H,6-7,9-10,12H2,1-2H3,(H,17,22)(H,18,19). The first kappa shape index (κ1) is 16.0. The van der Waals surface area contributed by atoms with E-state index in [9.17, 15) is 4.79 Å². The molecule has 0 aromatic carbocycles. The van der Waals surface area contributed by atoms with Crippen molar-refractivity contribution in [1.82, 2.24) is 20.0 Å². The number of anilines is 1. The maximum atomic E-state index is 12.5. The summed E-state index contributed by atoms with van der Waals surface area (Å²) < 4.78 is 1.74. The molecule has 1 saturated heterocycles. The first-order valence-corrected chi connectivity index (χ1v) is 8.74. The topological polar surface area (TPSA) is 62.2 Å². The van der Waals surface area contributed by atoms with Crippen LogP contribution in [0.15, 0.2) is 29.8 Å². The lowest BCUT2D eigenvalue weighted by Gasteiger charge is -2.40. The van der Waals surface area contributed by atoms with Crippen LogP contribution in [0.5, 0.6) is 0 Å². The van der Waals surface area contributed by atoms with Gasteiger partial charge in [-0.3, -0.25) is 14.4 Å². The largest absolute Gasteiger partial charge is 0.357 e. The second kappa shape index (κ2) is 6.72. The zero-order chi connectivity index (χ0) is 16.3. The predicted octanol–water partition coefficient (Wildman–Crippen LogP) is 1.67. The number of aromatic nitrogens is 2. The molecule has 6 nitrogen and oxygen atoms in total. The zero-order valence-electron chi connectivity index (χ0n) is 13.6. The van der Waals surface area contributed by atoms with E-state index in [1.165, 1.54) is 4.88 Å². The molecule has 0 unspecified atom stereocenters. The van der Waals surface area contributed by atoms with Gasteiger partial charge in [-0.1, -0.05) is 6.07 Å². The van der Waals surface area contributed by atoms with E-state index in [-0.39, 0.29) is 5.91 Å². The van der Waals surface area contributed by atoms with Crippen molar-refractivity contribution < 1.29 is 4.79 Å². The van der Waals surface area contributed by atoms with Crippen molar-refractivity contribution in [2.45, 2.75) is 24.9 Å². The maximum absolute atomic E-state index is 12.5. The molecule has 3 rings (SSSR count). The second-order valence-electron chi connectivity index (χ2n) is 6.02. The van der Waals surface area contributed by atoms with Gasteiger partial charge in [0.2, 0.25) is 5.91 Å². The minimum Gasteiger partial charge on any atom is -0.357 e. The van der Waals surface area contributed by atoms with Crippen molar-refractivity contribution in [3.63, 3.8) is 0 Å². The number of hydrogen-bond acceptors (Lipinski definition) is 5. The molecule has 23 heavy (non-hydrogen) atoms. The lowest BCUT2D eigenvalue weighted by molar-refractivity contribution is -0.126. The summed E-state index contributed by atoms with van der Waals surface area (Å²) in [5, 5.41) is 12.7. The molecule has 1 aliphatic rings. The van der Waals surface area contributed by atoms with Gasteiger partial charge in [-0.15, -0.1) is 11.3 Å². The molecule has 3 heterocycles. The summed E-state index contributed by atoms with van der Waals surface area (Å²) in [5.74, 6) is 0.793. The summed E-state index contributed by atoms with van der Waals surface area (Å²) in [7, 11) is 3.57. The van der Waals surface area contributed by atoms with Crippen LogP contribution in [-0.2, 0) is 18.4 Å². The van der Waals surface area contributed by atoms with E-state index in [0.717, 1.165) is 38.3 Å². The van der Waals surface area contributed by atoms with Gasteiger partial charge in [0.05, 0.1) is 0 Å². The number of piperidine rings is 1. The van der Waals surface area contributed by atoms with Crippen LogP contribution in [0.2, 0.25) is 0 Å². The SMILES string of the molecule is CNC(=O)C1(Nc2ccn(C)n2)CCN(Cc2cccs2)CC1. The number of carbonyl (C=O) groups is 1. The molecule has 2 aromatic heterocycles. The van der Waals surface area contributed by atoms with E-state index in [4.69, 9.17) is 0 Å². The van der Waals surface area contributed by atoms with Crippen molar-refractivity contribution in [1.29, 1.82) is 0 Å². The molecule has 0 bridgehead atoms. The number of aryl methyl sites for hydroxylation is 1. The first-order valence-electron chi connectivity index (χ1n) is 7.86. The summed E-state index contributed by atoms with van der Waals surface area (Å²) in [6.07, 6.45) is 3.43. The number of amides is 1. The summed E-state index contributed by atoms with van der Waals surface area (Å²) in [4.78, 5) is 16.3. The van der Waals surface area contributed by atoms with Crippen LogP contribution in [0.4, 0.5) is 5.82 Å². The van der Waals surface area contributed by atoms with Crippen LogP contribution in [-0.4, -0.2) is 46.3 Å². The van der Waals surface area contributed by atoms with Gasteiger partial charge in [0, 0.05) is 50.9 Å². The molecule has 0 radical (unpaired) electrons. The van der Waals surface area contributed by atoms with E-state index in [1.807, 2.05) is 19.3 Å². The lowest BCUT2D eigenvalue weighted by atomic mass is 9.86. The molecule has 0 spiro atoms. The number of nitrogens with zero attached hydrogens (tertiary/aromatic N) is 3. The number of hydrogen-bond donors (Lipinski definition) is 2. The van der Waals surface area contributed by atoms with Crippen LogP contribution in [0, 0.1) is 0 Å². The van der Waals surface area contributed by atoms with Gasteiger partial charge < -0.3 is 10.6 Å². The molecule has 0 aliphatic carbocycles. The quantitative estimate of drug-likeness (QED) is 0.874. The van der Waals surface area contributed by atoms with Gasteiger partial charge in [0.25, 0.3) is 0 Å². The fraction of sp³-hybridized carbons (Fsp3) is 0.500. The molecule has 2 aromatic rings. The Labute approximate surface area is 140 Å². The van der Waals surface area contributed by atoms with Crippen LogP contribution >= 0.6 is 11.3 Å². The zero-order valence-corrected chi connectivity index (χ0v) is 14.4. The summed E-state index contributed by atoms with van der Waals surface area (Å²) in [6.45, 7) is 2.75. The van der Waals surface area contributed by atoms with Crippen molar-refractivity contribution in [3.8, 4) is 0 Å². The van der Waals surface area contributed by atoms with Gasteiger partial charge in [-0.25, -0.2) is 0 Å². The molecule has 0 atom stereocenters. The molecule has 1 amide bonds. The smallest absolute Gasteiger partial charge is 0.245 e. The Kier molecular flexibility index (Phi) is 4.68. The molecule has 2 N–H and O–H groups in total. The van der Waals surface area contributed by atoms with E-state index in [1.54, 1.807) is 23.1 Å². The van der Waals surface area contributed by atoms with Crippen LogP contribution in [0.25, 0.3) is 0 Å². The second-order valence-corrected chi connectivity index (χ2v) is 7.05. The highest BCUT2D eigenvalue weighted by Crippen LogP contribution is 2.28. The van der Waals surface area contributed by atoms with Crippen molar-refractivity contribution in [2.75, 3.05) is 25.5 Å². The van der Waals surface area contributed by atoms with E-state index < -0.39 is 5.54 Å². The number of likely N-dealkylation sites (N-methyl/N-ethyl adjacent to an activating group) is 1. The third-order valence-electron chi connectivity index (χ3n) is 4.41. The molecular formula is C16H23N5OS. The van der Waals surface area contributed by atoms with Crippen LogP contribution in [0.1, 0.15) is 17.7 Å². The van der Waals surface area contributed by atoms with Gasteiger partial charge >= 0.3 is 0 Å². The average Bonchev–Trinajstić information content (AvgIpc) is 3.20. The molecule has 1 fully saturated rings. The highest BCUT2D eigenvalue weighted by atomic mass is 32.1. The van der Waals surface area contributed by atoms with Gasteiger partial charge in [0.1, 0.15) is 11.4 Å². The Morgan fingerprint density at radius 3 is 2.74 bits per heavy atom. The highest BCUT2D eigenvalue weighted by Gasteiger charge is 2.41. The molecule has 0 saturated carbocycles. The van der Waals surface area contributed by atoms with Gasteiger partial charge in [-0.2, -0.15) is 5.10 Å². The Hall–Kier alpha value is -1.86. The Balaban J connectivity index is 1.68. The summed E-state index contributed by atoms with van der Waals surface area (Å²) in [5.41, 5.74) is -0.574. The average molecular weight is 333 g/mol. The first-order chi connectivity index (χ1) is 11.1. The number of nitrogens with one attached hydrogen (secondary N) is 2. The minimum absolute atomic E-state index is 0.0407. The Morgan fingerprint density at radius 2 is 2.17 bits per heavy atom. The fourth-order valence-corrected chi connectivity index (χ4v) is 3.84. The van der Waals surface area contributed by atoms with Gasteiger partial charge in [0.15, 0.2) is 0 Å². The van der Waals surface area contributed by atoms with Crippen molar-refractivity contribution in [3.05, 3.63) is 34.7 Å². The Bertz CT molecular complexity index is 643. The summed E-state index contributed by atoms with van der Waals surface area (Å²) in [6, 6.07) is 6.15. The van der Waals surface area contributed by atoms with E-state index >= 15 is 0 Å². The molecular weight excluding hydrogens is 310 g/mol. The van der Waals surface area contributed by atoms with E-state index in [0.29, 0.717) is 0 Å². The van der Waals surface area contributed by atoms with Crippen molar-refractivity contribution in [2.24, 2.45) is 7.05 Å².